The van der Waals surface area contributed by atoms with Gasteiger partial charge >= 0.3 is 0 Å². The zero-order valence-electron chi connectivity index (χ0n) is 27.7. The molecule has 7 aromatic rings. The molecule has 0 aliphatic carbocycles. The number of hydrogen-bond acceptors (Lipinski definition) is 2. The summed E-state index contributed by atoms with van der Waals surface area (Å²) in [5.41, 5.74) is 13.4. The van der Waals surface area contributed by atoms with Crippen LogP contribution in [0.2, 0.25) is 0 Å². The number of nitrogens with one attached hydrogen (secondary N) is 1. The number of fused-ring (bicyclic) bond motifs is 1. The molecule has 1 N–H and O–H groups in total. The van der Waals surface area contributed by atoms with Crippen LogP contribution in [0.3, 0.4) is 0 Å². The van der Waals surface area contributed by atoms with Gasteiger partial charge in [0.1, 0.15) is 5.75 Å². The fraction of sp³-hybridized carbons (Fsp3) is 0. The number of benzene rings is 7. The summed E-state index contributed by atoms with van der Waals surface area (Å²) in [5.74, 6) is 0.801. The second kappa shape index (κ2) is 15.5. The molecule has 0 unspecified atom stereocenters. The average molecular weight is 644 g/mol. The number of rotatable bonds is 6. The Kier molecular flexibility index (Phi) is 9.90. The first kappa shape index (κ1) is 31.9. The number of allylic oxidation sites excluding steroid dienone is 4. The third-order valence-corrected chi connectivity index (χ3v) is 8.58. The molecule has 2 nitrogen and oxygen atoms in total. The van der Waals surface area contributed by atoms with Gasteiger partial charge in [0.05, 0.1) is 6.26 Å². The second-order valence-corrected chi connectivity index (χ2v) is 12.0. The lowest BCUT2D eigenvalue weighted by atomic mass is 9.95. The van der Waals surface area contributed by atoms with Crippen LogP contribution in [-0.2, 0) is 0 Å². The van der Waals surface area contributed by atoms with Crippen molar-refractivity contribution in [2.45, 2.75) is 0 Å². The number of ether oxygens (including phenoxy) is 1. The first-order valence-corrected chi connectivity index (χ1v) is 16.8. The molecule has 1 aliphatic rings. The first-order chi connectivity index (χ1) is 24.7. The summed E-state index contributed by atoms with van der Waals surface area (Å²) in [4.78, 5) is 0. The van der Waals surface area contributed by atoms with Gasteiger partial charge in [-0.25, -0.2) is 0 Å². The second-order valence-electron chi connectivity index (χ2n) is 12.0. The van der Waals surface area contributed by atoms with Gasteiger partial charge in [0.2, 0.25) is 0 Å². The number of anilines is 2. The highest BCUT2D eigenvalue weighted by molar-refractivity contribution is 5.90. The van der Waals surface area contributed by atoms with E-state index in [0.29, 0.717) is 0 Å². The summed E-state index contributed by atoms with van der Waals surface area (Å²) in [7, 11) is 0. The zero-order valence-corrected chi connectivity index (χ0v) is 27.7. The third-order valence-electron chi connectivity index (χ3n) is 8.58. The minimum absolute atomic E-state index is 0.801. The van der Waals surface area contributed by atoms with Crippen molar-refractivity contribution in [2.75, 3.05) is 5.32 Å². The van der Waals surface area contributed by atoms with Gasteiger partial charge in [-0.15, -0.1) is 0 Å². The summed E-state index contributed by atoms with van der Waals surface area (Å²) in [6.45, 7) is 4.35. The van der Waals surface area contributed by atoms with E-state index in [9.17, 15) is 0 Å². The summed E-state index contributed by atoms with van der Waals surface area (Å²) in [6, 6.07) is 64.8. The Morgan fingerprint density at radius 2 is 0.800 bits per heavy atom. The third kappa shape index (κ3) is 7.90. The van der Waals surface area contributed by atoms with Crippen LogP contribution in [0.15, 0.2) is 213 Å². The standard InChI is InChI=1S/C36H27NO.C12H10/c1-26-24-32(28-10-6-3-7-11-28)22-23-38-36-21-16-31(25-35(26)36)30-14-19-34(20-15-30)37-33-17-12-29(13-18-33)27-8-4-2-5-9-27;1-3-7-11(8-4-1)12-9-5-2-6-10-12/h2-25,37H,1H2;1-10H/b23-22-,32-24+;. The van der Waals surface area contributed by atoms with Crippen molar-refractivity contribution < 1.29 is 4.74 Å². The van der Waals surface area contributed by atoms with Crippen molar-refractivity contribution in [2.24, 2.45) is 0 Å². The average Bonchev–Trinajstić information content (AvgIpc) is 3.19. The van der Waals surface area contributed by atoms with Crippen molar-refractivity contribution in [3.05, 3.63) is 224 Å². The Morgan fingerprint density at radius 3 is 1.28 bits per heavy atom. The van der Waals surface area contributed by atoms with E-state index in [1.807, 2.05) is 48.5 Å². The van der Waals surface area contributed by atoms with Gasteiger partial charge in [-0.3, -0.25) is 0 Å². The molecule has 50 heavy (non-hydrogen) atoms. The molecule has 0 fully saturated rings. The molecule has 0 saturated carbocycles. The molecule has 1 aliphatic heterocycles. The van der Waals surface area contributed by atoms with Crippen LogP contribution in [0.4, 0.5) is 11.4 Å². The van der Waals surface area contributed by atoms with Crippen LogP contribution in [0, 0.1) is 0 Å². The number of hydrogen-bond donors (Lipinski definition) is 1. The highest BCUT2D eigenvalue weighted by Crippen LogP contribution is 2.35. The molecular formula is C48H37NO. The molecule has 0 spiro atoms. The lowest BCUT2D eigenvalue weighted by molar-refractivity contribution is 0.480. The molecule has 0 atom stereocenters. The summed E-state index contributed by atoms with van der Waals surface area (Å²) in [5, 5.41) is 3.50. The molecule has 0 radical (unpaired) electrons. The minimum Gasteiger partial charge on any atom is -0.464 e. The van der Waals surface area contributed by atoms with Crippen LogP contribution >= 0.6 is 0 Å². The monoisotopic (exact) mass is 643 g/mol. The maximum atomic E-state index is 5.97. The van der Waals surface area contributed by atoms with E-state index in [4.69, 9.17) is 4.74 Å². The predicted octanol–water partition coefficient (Wildman–Crippen LogP) is 13.1. The van der Waals surface area contributed by atoms with Crippen molar-refractivity contribution in [3.63, 3.8) is 0 Å². The molecular weight excluding hydrogens is 607 g/mol. The predicted molar refractivity (Wildman–Crippen MR) is 212 cm³/mol. The van der Waals surface area contributed by atoms with Gasteiger partial charge in [-0.2, -0.15) is 0 Å². The van der Waals surface area contributed by atoms with Crippen LogP contribution < -0.4 is 10.1 Å². The Hall–Kier alpha value is -6.64. The van der Waals surface area contributed by atoms with Gasteiger partial charge < -0.3 is 10.1 Å². The maximum Gasteiger partial charge on any atom is 0.134 e. The van der Waals surface area contributed by atoms with E-state index >= 15 is 0 Å². The molecule has 2 heteroatoms. The summed E-state index contributed by atoms with van der Waals surface area (Å²) in [6.07, 6.45) is 5.85. The van der Waals surface area contributed by atoms with Crippen LogP contribution in [0.1, 0.15) is 11.1 Å². The molecule has 0 bridgehead atoms. The van der Waals surface area contributed by atoms with Crippen molar-refractivity contribution in [1.82, 2.24) is 0 Å². The maximum absolute atomic E-state index is 5.97. The lowest BCUT2D eigenvalue weighted by Crippen LogP contribution is -1.95. The molecule has 1 heterocycles. The van der Waals surface area contributed by atoms with E-state index < -0.39 is 0 Å². The van der Waals surface area contributed by atoms with E-state index in [1.54, 1.807) is 6.26 Å². The van der Waals surface area contributed by atoms with Crippen molar-refractivity contribution in [3.8, 4) is 39.1 Å². The van der Waals surface area contributed by atoms with E-state index in [1.165, 1.54) is 22.3 Å². The summed E-state index contributed by atoms with van der Waals surface area (Å²) < 4.78 is 5.97. The normalized spacial score (nSPS) is 13.5. The topological polar surface area (TPSA) is 21.3 Å². The molecule has 0 saturated heterocycles. The molecule has 0 aromatic heterocycles. The van der Waals surface area contributed by atoms with Crippen LogP contribution in [0.25, 0.3) is 44.5 Å². The van der Waals surface area contributed by atoms with Gasteiger partial charge in [0.25, 0.3) is 0 Å². The fourth-order valence-corrected chi connectivity index (χ4v) is 5.92. The Bertz CT molecular complexity index is 2180. The minimum atomic E-state index is 0.801. The van der Waals surface area contributed by atoms with Crippen molar-refractivity contribution >= 4 is 22.5 Å². The Morgan fingerprint density at radius 1 is 0.400 bits per heavy atom. The first-order valence-electron chi connectivity index (χ1n) is 16.8. The lowest BCUT2D eigenvalue weighted by Gasteiger charge is -2.15. The largest absolute Gasteiger partial charge is 0.464 e. The van der Waals surface area contributed by atoms with E-state index in [2.05, 4.69) is 164 Å². The Labute approximate surface area is 295 Å². The van der Waals surface area contributed by atoms with Crippen LogP contribution in [0.5, 0.6) is 5.75 Å². The Balaban J connectivity index is 0.000000275. The SMILES string of the molecule is C=C1/C=C(c2ccccc2)\C=C/Oc2ccc(-c3ccc(Nc4ccc(-c5ccccc5)cc4)cc3)cc21.c1ccc(-c2ccccc2)cc1. The van der Waals surface area contributed by atoms with Crippen molar-refractivity contribution in [1.29, 1.82) is 0 Å². The van der Waals surface area contributed by atoms with Gasteiger partial charge in [0.15, 0.2) is 0 Å². The van der Waals surface area contributed by atoms with E-state index in [0.717, 1.165) is 50.5 Å². The highest BCUT2D eigenvalue weighted by Gasteiger charge is 2.12. The zero-order chi connectivity index (χ0) is 34.0. The van der Waals surface area contributed by atoms with E-state index in [-0.39, 0.29) is 0 Å². The summed E-state index contributed by atoms with van der Waals surface area (Å²) >= 11 is 0. The fourth-order valence-electron chi connectivity index (χ4n) is 5.92. The molecule has 0 amide bonds. The highest BCUT2D eigenvalue weighted by atomic mass is 16.5. The van der Waals surface area contributed by atoms with Crippen LogP contribution in [-0.4, -0.2) is 0 Å². The van der Waals surface area contributed by atoms with Gasteiger partial charge in [-0.1, -0.05) is 158 Å². The molecule has 7 aromatic carbocycles. The smallest absolute Gasteiger partial charge is 0.134 e. The van der Waals surface area contributed by atoms with Gasteiger partial charge in [0, 0.05) is 16.9 Å². The molecule has 240 valence electrons. The molecule has 8 rings (SSSR count). The quantitative estimate of drug-likeness (QED) is 0.195. The van der Waals surface area contributed by atoms with Gasteiger partial charge in [-0.05, 0) is 98.6 Å².